The highest BCUT2D eigenvalue weighted by atomic mass is 19.1. The first-order valence-corrected chi connectivity index (χ1v) is 5.29. The average Bonchev–Trinajstić information content (AvgIpc) is 2.37. The van der Waals surface area contributed by atoms with Gasteiger partial charge in [-0.05, 0) is 26.0 Å². The van der Waals surface area contributed by atoms with Gasteiger partial charge in [0.2, 0.25) is 0 Å². The molecule has 5 nitrogen and oxygen atoms in total. The zero-order valence-electron chi connectivity index (χ0n) is 10.3. The topological polar surface area (TPSA) is 90.2 Å². The summed E-state index contributed by atoms with van der Waals surface area (Å²) in [5.74, 6) is -2.66. The Bertz CT molecular complexity index is 615. The van der Waals surface area contributed by atoms with Gasteiger partial charge in [-0.1, -0.05) is 6.07 Å². The Hall–Kier alpha value is -2.68. The van der Waals surface area contributed by atoms with E-state index >= 15 is 0 Å². The molecule has 0 unspecified atom stereocenters. The van der Waals surface area contributed by atoms with Gasteiger partial charge in [0.25, 0.3) is 5.91 Å². The fraction of sp³-hybridized carbons (Fsp3) is 0.154. The van der Waals surface area contributed by atoms with Crippen LogP contribution in [0.25, 0.3) is 0 Å². The molecule has 0 radical (unpaired) electrons. The summed E-state index contributed by atoms with van der Waals surface area (Å²) in [6, 6.07) is 5.44. The summed E-state index contributed by atoms with van der Waals surface area (Å²) in [4.78, 5) is 22.5. The van der Waals surface area contributed by atoms with Crippen molar-refractivity contribution in [3.63, 3.8) is 0 Å². The number of hydrogen-bond donors (Lipinski definition) is 2. The third-order valence-electron chi connectivity index (χ3n) is 2.60. The zero-order chi connectivity index (χ0) is 14.6. The first kappa shape index (κ1) is 14.4. The van der Waals surface area contributed by atoms with Crippen LogP contribution in [0.1, 0.15) is 19.4 Å². The molecule has 0 saturated heterocycles. The predicted octanol–water partition coefficient (Wildman–Crippen LogP) is 2.06. The highest BCUT2D eigenvalue weighted by Crippen LogP contribution is 2.19. The van der Waals surface area contributed by atoms with E-state index in [0.717, 1.165) is 6.07 Å². The van der Waals surface area contributed by atoms with Crippen molar-refractivity contribution in [2.45, 2.75) is 13.8 Å². The Labute approximate surface area is 109 Å². The molecule has 0 saturated carbocycles. The van der Waals surface area contributed by atoms with E-state index in [-0.39, 0.29) is 22.4 Å². The number of benzene rings is 1. The summed E-state index contributed by atoms with van der Waals surface area (Å²) < 4.78 is 13.3. The van der Waals surface area contributed by atoms with E-state index in [4.69, 9.17) is 10.4 Å². The minimum atomic E-state index is -1.22. The molecule has 0 aliphatic carbocycles. The lowest BCUT2D eigenvalue weighted by Crippen LogP contribution is -2.17. The Morgan fingerprint density at radius 2 is 1.95 bits per heavy atom. The van der Waals surface area contributed by atoms with Crippen molar-refractivity contribution >= 4 is 17.6 Å². The molecule has 6 heteroatoms. The summed E-state index contributed by atoms with van der Waals surface area (Å²) in [7, 11) is 0. The first-order valence-electron chi connectivity index (χ1n) is 5.29. The van der Waals surface area contributed by atoms with Gasteiger partial charge in [0.15, 0.2) is 0 Å². The van der Waals surface area contributed by atoms with Crippen LogP contribution in [-0.2, 0) is 9.59 Å². The van der Waals surface area contributed by atoms with Crippen LogP contribution in [0.3, 0.4) is 0 Å². The number of rotatable bonds is 3. The summed E-state index contributed by atoms with van der Waals surface area (Å²) in [5.41, 5.74) is -0.422. The van der Waals surface area contributed by atoms with Crippen LogP contribution in [-0.4, -0.2) is 17.0 Å². The fourth-order valence-electron chi connectivity index (χ4n) is 1.29. The van der Waals surface area contributed by atoms with Gasteiger partial charge in [-0.3, -0.25) is 4.79 Å². The molecule has 0 aliphatic heterocycles. The van der Waals surface area contributed by atoms with Gasteiger partial charge in [0.1, 0.15) is 17.4 Å². The minimum Gasteiger partial charge on any atom is -0.478 e. The molecule has 1 amide bonds. The summed E-state index contributed by atoms with van der Waals surface area (Å²) in [5, 5.41) is 19.9. The number of nitrogens with one attached hydrogen (secondary N) is 1. The number of carboxylic acids is 1. The number of anilines is 1. The second kappa shape index (κ2) is 5.78. The van der Waals surface area contributed by atoms with Gasteiger partial charge in [0.05, 0.1) is 5.69 Å². The van der Waals surface area contributed by atoms with Crippen molar-refractivity contribution in [2.24, 2.45) is 0 Å². The van der Waals surface area contributed by atoms with E-state index in [1.807, 2.05) is 0 Å². The Morgan fingerprint density at radius 3 is 2.47 bits per heavy atom. The third-order valence-corrected chi connectivity index (χ3v) is 2.60. The SMILES string of the molecule is CC(C(=O)O)=C(C)C(=O)Nc1cccc(F)c1C#N. The van der Waals surface area contributed by atoms with Crippen LogP contribution >= 0.6 is 0 Å². The van der Waals surface area contributed by atoms with Crippen LogP contribution in [0.2, 0.25) is 0 Å². The summed E-state index contributed by atoms with van der Waals surface area (Å²) >= 11 is 0. The number of carbonyl (C=O) groups excluding carboxylic acids is 1. The number of nitrogens with zero attached hydrogens (tertiary/aromatic N) is 1. The van der Waals surface area contributed by atoms with Crippen molar-refractivity contribution < 1.29 is 19.1 Å². The quantitative estimate of drug-likeness (QED) is 0.816. The molecular weight excluding hydrogens is 251 g/mol. The number of nitriles is 1. The van der Waals surface area contributed by atoms with Crippen LogP contribution in [0.4, 0.5) is 10.1 Å². The Morgan fingerprint density at radius 1 is 1.32 bits per heavy atom. The molecule has 19 heavy (non-hydrogen) atoms. The molecule has 1 rings (SSSR count). The van der Waals surface area contributed by atoms with Crippen LogP contribution < -0.4 is 5.32 Å². The second-order valence-corrected chi connectivity index (χ2v) is 3.78. The standard InChI is InChI=1S/C13H11FN2O3/c1-7(8(2)13(18)19)12(17)16-11-5-3-4-10(14)9(11)6-15/h3-5H,1-2H3,(H,16,17)(H,18,19). The minimum absolute atomic E-state index is 0.00467. The Balaban J connectivity index is 3.09. The van der Waals surface area contributed by atoms with Gasteiger partial charge in [-0.15, -0.1) is 0 Å². The molecule has 0 aliphatic rings. The number of hydrogen-bond acceptors (Lipinski definition) is 3. The van der Waals surface area contributed by atoms with Crippen molar-refractivity contribution in [3.05, 3.63) is 40.7 Å². The maximum atomic E-state index is 13.3. The van der Waals surface area contributed by atoms with E-state index in [2.05, 4.69) is 5.32 Å². The monoisotopic (exact) mass is 262 g/mol. The fourth-order valence-corrected chi connectivity index (χ4v) is 1.29. The summed E-state index contributed by atoms with van der Waals surface area (Å²) in [6.07, 6.45) is 0. The highest BCUT2D eigenvalue weighted by molar-refractivity contribution is 6.08. The number of aliphatic carboxylic acids is 1. The van der Waals surface area contributed by atoms with Crippen molar-refractivity contribution in [1.82, 2.24) is 0 Å². The normalized spacial score (nSPS) is 11.3. The number of carbonyl (C=O) groups is 2. The van der Waals surface area contributed by atoms with Crippen molar-refractivity contribution in [2.75, 3.05) is 5.32 Å². The van der Waals surface area contributed by atoms with E-state index < -0.39 is 17.7 Å². The smallest absolute Gasteiger partial charge is 0.331 e. The van der Waals surface area contributed by atoms with Gasteiger partial charge < -0.3 is 10.4 Å². The zero-order valence-corrected chi connectivity index (χ0v) is 10.3. The average molecular weight is 262 g/mol. The maximum absolute atomic E-state index is 13.3. The van der Waals surface area contributed by atoms with E-state index in [0.29, 0.717) is 0 Å². The maximum Gasteiger partial charge on any atom is 0.331 e. The lowest BCUT2D eigenvalue weighted by Gasteiger charge is -2.08. The molecule has 1 aromatic rings. The molecule has 0 fully saturated rings. The number of carboxylic acid groups (broad SMARTS) is 1. The highest BCUT2D eigenvalue weighted by Gasteiger charge is 2.15. The lowest BCUT2D eigenvalue weighted by molar-refractivity contribution is -0.133. The number of amides is 1. The van der Waals surface area contributed by atoms with Crippen LogP contribution in [0, 0.1) is 17.1 Å². The summed E-state index contributed by atoms with van der Waals surface area (Å²) in [6.45, 7) is 2.62. The molecule has 2 N–H and O–H groups in total. The molecular formula is C13H11FN2O3. The Kier molecular flexibility index (Phi) is 4.37. The van der Waals surface area contributed by atoms with Gasteiger partial charge in [-0.2, -0.15) is 5.26 Å². The van der Waals surface area contributed by atoms with Crippen LogP contribution in [0.15, 0.2) is 29.3 Å². The van der Waals surface area contributed by atoms with E-state index in [9.17, 15) is 14.0 Å². The lowest BCUT2D eigenvalue weighted by atomic mass is 10.1. The van der Waals surface area contributed by atoms with Crippen LogP contribution in [0.5, 0.6) is 0 Å². The van der Waals surface area contributed by atoms with Crippen molar-refractivity contribution in [1.29, 1.82) is 5.26 Å². The first-order chi connectivity index (χ1) is 8.88. The molecule has 0 bridgehead atoms. The van der Waals surface area contributed by atoms with Crippen molar-refractivity contribution in [3.8, 4) is 6.07 Å². The molecule has 0 aromatic heterocycles. The predicted molar refractivity (Wildman–Crippen MR) is 65.8 cm³/mol. The van der Waals surface area contributed by atoms with E-state index in [1.165, 1.54) is 26.0 Å². The third kappa shape index (κ3) is 3.16. The van der Waals surface area contributed by atoms with Gasteiger partial charge >= 0.3 is 5.97 Å². The molecule has 0 heterocycles. The largest absolute Gasteiger partial charge is 0.478 e. The van der Waals surface area contributed by atoms with Gasteiger partial charge in [-0.25, -0.2) is 9.18 Å². The van der Waals surface area contributed by atoms with E-state index in [1.54, 1.807) is 6.07 Å². The molecule has 98 valence electrons. The second-order valence-electron chi connectivity index (χ2n) is 3.78. The molecule has 0 atom stereocenters. The number of halogens is 1. The molecule has 1 aromatic carbocycles. The van der Waals surface area contributed by atoms with Gasteiger partial charge in [0, 0.05) is 11.1 Å². The molecule has 0 spiro atoms.